The Kier molecular flexibility index (Phi) is 8.24. The molecule has 2 N–H and O–H groups in total. The maximum Gasteiger partial charge on any atom is 0.319 e. The van der Waals surface area contributed by atoms with Gasteiger partial charge in [-0.25, -0.2) is 14.8 Å². The number of carbonyl (C=O) groups is 1. The predicted octanol–water partition coefficient (Wildman–Crippen LogP) is 2.18. The van der Waals surface area contributed by atoms with Crippen molar-refractivity contribution in [3.8, 4) is 28.4 Å². The topological polar surface area (TPSA) is 120 Å². The lowest BCUT2D eigenvalue weighted by atomic mass is 10.1. The number of aliphatic hydroxyl groups excluding tert-OH is 1. The van der Waals surface area contributed by atoms with E-state index in [0.717, 1.165) is 28.3 Å². The van der Waals surface area contributed by atoms with Crippen LogP contribution < -0.4 is 15.0 Å². The Balaban J connectivity index is 1.65. The van der Waals surface area contributed by atoms with E-state index < -0.39 is 6.10 Å². The van der Waals surface area contributed by atoms with Gasteiger partial charge in [-0.2, -0.15) is 0 Å². The summed E-state index contributed by atoms with van der Waals surface area (Å²) in [4.78, 5) is 27.8. The Hall–Kier alpha value is -3.70. The van der Waals surface area contributed by atoms with Gasteiger partial charge >= 0.3 is 6.03 Å². The Bertz CT molecular complexity index is 1200. The number of nitrogens with one attached hydrogen (secondary N) is 1. The van der Waals surface area contributed by atoms with E-state index in [9.17, 15) is 9.90 Å². The maximum atomic E-state index is 12.4. The zero-order valence-electron chi connectivity index (χ0n) is 22.1. The van der Waals surface area contributed by atoms with Crippen LogP contribution in [0.3, 0.4) is 0 Å². The molecule has 1 fully saturated rings. The number of hydrogen-bond donors (Lipinski definition) is 2. The van der Waals surface area contributed by atoms with Gasteiger partial charge in [0.15, 0.2) is 5.82 Å². The number of aryl methyl sites for hydroxylation is 2. The van der Waals surface area contributed by atoms with Gasteiger partial charge in [-0.3, -0.25) is 0 Å². The molecule has 0 aliphatic carbocycles. The summed E-state index contributed by atoms with van der Waals surface area (Å²) in [7, 11) is 5.31. The number of nitrogens with zero attached hydrogens (tertiary/aromatic N) is 6. The standard InChI is InChI=1S/C26H35N7O4/c1-17-24(18(2)37-30-17)22-14-23(32-9-11-33(12-10-32)26(35)31(4)5)29-25(28-22)19-7-6-8-21(13-19)36-16-20(34)15-27-3/h6-8,13-14,20,27,34H,9-12,15-16H2,1-5H3. The minimum atomic E-state index is -0.613. The van der Waals surface area contributed by atoms with Gasteiger partial charge in [-0.05, 0) is 33.0 Å². The van der Waals surface area contributed by atoms with Crippen LogP contribution in [0.4, 0.5) is 10.6 Å². The molecule has 1 aliphatic rings. The zero-order valence-corrected chi connectivity index (χ0v) is 22.1. The van der Waals surface area contributed by atoms with E-state index >= 15 is 0 Å². The summed E-state index contributed by atoms with van der Waals surface area (Å²) in [6.45, 7) is 6.90. The van der Waals surface area contributed by atoms with Crippen LogP contribution in [0, 0.1) is 13.8 Å². The van der Waals surface area contributed by atoms with Crippen molar-refractivity contribution in [3.05, 3.63) is 41.8 Å². The second-order valence-corrected chi connectivity index (χ2v) is 9.34. The Morgan fingerprint density at radius 2 is 1.95 bits per heavy atom. The lowest BCUT2D eigenvalue weighted by molar-refractivity contribution is 0.108. The van der Waals surface area contributed by atoms with Crippen molar-refractivity contribution in [1.29, 1.82) is 0 Å². The van der Waals surface area contributed by atoms with Crippen molar-refractivity contribution in [3.63, 3.8) is 0 Å². The number of carbonyl (C=O) groups excluding carboxylic acids is 1. The minimum absolute atomic E-state index is 0.0103. The molecule has 3 aromatic rings. The van der Waals surface area contributed by atoms with E-state index in [-0.39, 0.29) is 12.6 Å². The Labute approximate surface area is 217 Å². The highest BCUT2D eigenvalue weighted by Gasteiger charge is 2.25. The van der Waals surface area contributed by atoms with Crippen molar-refractivity contribution in [1.82, 2.24) is 30.2 Å². The van der Waals surface area contributed by atoms with E-state index in [1.165, 1.54) is 0 Å². The number of rotatable bonds is 8. The average Bonchev–Trinajstić information content (AvgIpc) is 3.24. The molecule has 1 saturated heterocycles. The van der Waals surface area contributed by atoms with Gasteiger partial charge in [0.1, 0.15) is 30.0 Å². The first-order valence-electron chi connectivity index (χ1n) is 12.4. The number of aliphatic hydroxyl groups is 1. The third-order valence-electron chi connectivity index (χ3n) is 6.23. The van der Waals surface area contributed by atoms with Crippen LogP contribution >= 0.6 is 0 Å². The van der Waals surface area contributed by atoms with Crippen LogP contribution in [0.1, 0.15) is 11.5 Å². The first-order chi connectivity index (χ1) is 17.8. The molecule has 3 heterocycles. The zero-order chi connectivity index (χ0) is 26.5. The van der Waals surface area contributed by atoms with Crippen molar-refractivity contribution in [2.75, 3.05) is 65.4 Å². The van der Waals surface area contributed by atoms with Gasteiger partial charge in [0.2, 0.25) is 0 Å². The summed E-state index contributed by atoms with van der Waals surface area (Å²) in [5, 5.41) is 17.0. The summed E-state index contributed by atoms with van der Waals surface area (Å²) in [5.74, 6) is 2.62. The molecule has 1 aromatic carbocycles. The number of urea groups is 1. The highest BCUT2D eigenvalue weighted by Crippen LogP contribution is 2.31. The van der Waals surface area contributed by atoms with E-state index in [1.807, 2.05) is 49.1 Å². The third kappa shape index (κ3) is 6.17. The van der Waals surface area contributed by atoms with Crippen LogP contribution in [0.25, 0.3) is 22.6 Å². The van der Waals surface area contributed by atoms with E-state index in [2.05, 4.69) is 15.4 Å². The lowest BCUT2D eigenvalue weighted by Crippen LogP contribution is -2.51. The monoisotopic (exact) mass is 509 g/mol. The fourth-order valence-electron chi connectivity index (χ4n) is 4.32. The summed E-state index contributed by atoms with van der Waals surface area (Å²) < 4.78 is 11.2. The molecular formula is C26H35N7O4. The first kappa shape index (κ1) is 26.4. The highest BCUT2D eigenvalue weighted by molar-refractivity contribution is 5.74. The number of aromatic nitrogens is 3. The Morgan fingerprint density at radius 3 is 2.59 bits per heavy atom. The first-order valence-corrected chi connectivity index (χ1v) is 12.4. The van der Waals surface area contributed by atoms with E-state index in [1.54, 1.807) is 26.0 Å². The fraction of sp³-hybridized carbons (Fsp3) is 0.462. The summed E-state index contributed by atoms with van der Waals surface area (Å²) in [5.41, 5.74) is 3.11. The molecule has 0 bridgehead atoms. The van der Waals surface area contributed by atoms with Crippen LogP contribution in [-0.2, 0) is 0 Å². The SMILES string of the molecule is CNCC(O)COc1cccc(-c2nc(-c3c(C)noc3C)cc(N3CCN(C(=O)N(C)C)CC3)n2)c1. The molecular weight excluding hydrogens is 474 g/mol. The quantitative estimate of drug-likeness (QED) is 0.471. The van der Waals surface area contributed by atoms with Crippen LogP contribution in [-0.4, -0.2) is 103 Å². The fourth-order valence-corrected chi connectivity index (χ4v) is 4.32. The minimum Gasteiger partial charge on any atom is -0.491 e. The van der Waals surface area contributed by atoms with Gasteiger partial charge in [0, 0.05) is 58.4 Å². The molecule has 2 amide bonds. The van der Waals surface area contributed by atoms with Gasteiger partial charge < -0.3 is 34.4 Å². The van der Waals surface area contributed by atoms with Crippen LogP contribution in [0.15, 0.2) is 34.9 Å². The number of benzene rings is 1. The predicted molar refractivity (Wildman–Crippen MR) is 141 cm³/mol. The number of likely N-dealkylation sites (N-methyl/N-ethyl adjacent to an activating group) is 1. The molecule has 11 nitrogen and oxygen atoms in total. The van der Waals surface area contributed by atoms with Gasteiger partial charge in [-0.15, -0.1) is 0 Å². The van der Waals surface area contributed by atoms with E-state index in [0.29, 0.717) is 50.1 Å². The number of piperazine rings is 1. The molecule has 198 valence electrons. The van der Waals surface area contributed by atoms with Gasteiger partial charge in [-0.1, -0.05) is 17.3 Å². The van der Waals surface area contributed by atoms with Crippen LogP contribution in [0.5, 0.6) is 5.75 Å². The summed E-state index contributed by atoms with van der Waals surface area (Å²) >= 11 is 0. The molecule has 1 aliphatic heterocycles. The smallest absolute Gasteiger partial charge is 0.319 e. The molecule has 11 heteroatoms. The van der Waals surface area contributed by atoms with Crippen molar-refractivity contribution >= 4 is 11.8 Å². The lowest BCUT2D eigenvalue weighted by Gasteiger charge is -2.36. The summed E-state index contributed by atoms with van der Waals surface area (Å²) in [6, 6.07) is 9.49. The second kappa shape index (κ2) is 11.6. The molecule has 0 saturated carbocycles. The molecule has 0 spiro atoms. The number of ether oxygens (including phenoxy) is 1. The third-order valence-corrected chi connectivity index (χ3v) is 6.23. The normalized spacial score (nSPS) is 14.5. The molecule has 0 radical (unpaired) electrons. The largest absolute Gasteiger partial charge is 0.491 e. The second-order valence-electron chi connectivity index (χ2n) is 9.34. The van der Waals surface area contributed by atoms with Crippen LogP contribution in [0.2, 0.25) is 0 Å². The van der Waals surface area contributed by atoms with Gasteiger partial charge in [0.05, 0.1) is 17.0 Å². The molecule has 4 rings (SSSR count). The highest BCUT2D eigenvalue weighted by atomic mass is 16.5. The van der Waals surface area contributed by atoms with Crippen molar-refractivity contribution < 1.29 is 19.2 Å². The van der Waals surface area contributed by atoms with Crippen molar-refractivity contribution in [2.45, 2.75) is 20.0 Å². The van der Waals surface area contributed by atoms with E-state index in [4.69, 9.17) is 19.2 Å². The number of anilines is 1. The molecule has 37 heavy (non-hydrogen) atoms. The number of amides is 2. The number of hydrogen-bond acceptors (Lipinski definition) is 9. The Morgan fingerprint density at radius 1 is 1.19 bits per heavy atom. The average molecular weight is 510 g/mol. The van der Waals surface area contributed by atoms with Gasteiger partial charge in [0.25, 0.3) is 0 Å². The molecule has 1 atom stereocenters. The van der Waals surface area contributed by atoms with Crippen molar-refractivity contribution in [2.24, 2.45) is 0 Å². The maximum absolute atomic E-state index is 12.4. The molecule has 2 aromatic heterocycles. The summed E-state index contributed by atoms with van der Waals surface area (Å²) in [6.07, 6.45) is -0.613. The molecule has 1 unspecified atom stereocenters.